The molecule has 0 atom stereocenters. The van der Waals surface area contributed by atoms with Crippen molar-refractivity contribution in [2.24, 2.45) is 7.05 Å². The van der Waals surface area contributed by atoms with E-state index in [1.54, 1.807) is 0 Å². The van der Waals surface area contributed by atoms with E-state index in [1.165, 1.54) is 33.6 Å². The van der Waals surface area contributed by atoms with E-state index in [1.807, 2.05) is 7.05 Å². The molecule has 0 aliphatic rings. The number of hydrogen-bond acceptors (Lipinski definition) is 1. The minimum Gasteiger partial charge on any atom is -0.377 e. The Morgan fingerprint density at radius 2 is 1.57 bits per heavy atom. The third-order valence-corrected chi connectivity index (χ3v) is 4.28. The monoisotopic (exact) mass is 306 g/mol. The number of aryl methyl sites for hydroxylation is 3. The molecule has 2 aromatic carbocycles. The Labute approximate surface area is 138 Å². The van der Waals surface area contributed by atoms with Gasteiger partial charge >= 0.3 is 0 Å². The van der Waals surface area contributed by atoms with Gasteiger partial charge in [0.25, 0.3) is 0 Å². The second-order valence-corrected chi connectivity index (χ2v) is 6.32. The maximum Gasteiger partial charge on any atom is 0.248 e. The van der Waals surface area contributed by atoms with Gasteiger partial charge < -0.3 is 4.90 Å². The number of nitrogens with zero attached hydrogens (tertiary/aromatic N) is 3. The fourth-order valence-electron chi connectivity index (χ4n) is 3.14. The molecule has 3 rings (SSSR count). The summed E-state index contributed by atoms with van der Waals surface area (Å²) in [5.74, 6) is 0. The normalized spacial score (nSPS) is 10.8. The predicted octanol–water partition coefficient (Wildman–Crippen LogP) is 3.65. The Morgan fingerprint density at radius 1 is 0.913 bits per heavy atom. The van der Waals surface area contributed by atoms with Crippen molar-refractivity contribution in [2.75, 3.05) is 19.0 Å². The SMILES string of the molecule is Cc1cccc(N(C)C)c1-c1c(C)cccc1-n1cc[n+](C)c1. The molecular weight excluding hydrogens is 282 g/mol. The lowest BCUT2D eigenvalue weighted by atomic mass is 9.93. The quantitative estimate of drug-likeness (QED) is 0.673. The molecule has 0 N–H and O–H groups in total. The van der Waals surface area contributed by atoms with E-state index < -0.39 is 0 Å². The molecular formula is C20H24N3+. The number of benzene rings is 2. The largest absolute Gasteiger partial charge is 0.377 e. The van der Waals surface area contributed by atoms with Crippen molar-refractivity contribution in [3.8, 4) is 16.8 Å². The highest BCUT2D eigenvalue weighted by atomic mass is 15.1. The van der Waals surface area contributed by atoms with Crippen LogP contribution in [0.5, 0.6) is 0 Å². The first-order chi connectivity index (χ1) is 11.0. The molecule has 0 unspecified atom stereocenters. The fraction of sp³-hybridized carbons (Fsp3) is 0.250. The second kappa shape index (κ2) is 5.92. The van der Waals surface area contributed by atoms with Gasteiger partial charge in [-0.2, -0.15) is 0 Å². The molecule has 1 heterocycles. The zero-order valence-electron chi connectivity index (χ0n) is 14.5. The number of imidazole rings is 1. The summed E-state index contributed by atoms with van der Waals surface area (Å²) in [7, 11) is 6.25. The third kappa shape index (κ3) is 2.74. The summed E-state index contributed by atoms with van der Waals surface area (Å²) in [4.78, 5) is 2.19. The molecule has 0 fully saturated rings. The van der Waals surface area contributed by atoms with E-state index in [9.17, 15) is 0 Å². The van der Waals surface area contributed by atoms with Crippen LogP contribution >= 0.6 is 0 Å². The van der Waals surface area contributed by atoms with Crippen LogP contribution in [0.15, 0.2) is 55.1 Å². The smallest absolute Gasteiger partial charge is 0.248 e. The molecule has 0 spiro atoms. The maximum absolute atomic E-state index is 2.19. The maximum atomic E-state index is 2.19. The molecule has 0 amide bonds. The molecule has 118 valence electrons. The van der Waals surface area contributed by atoms with Crippen LogP contribution in [0.3, 0.4) is 0 Å². The van der Waals surface area contributed by atoms with Gasteiger partial charge in [-0.25, -0.2) is 9.13 Å². The molecule has 0 aliphatic carbocycles. The fourth-order valence-corrected chi connectivity index (χ4v) is 3.14. The third-order valence-electron chi connectivity index (χ3n) is 4.28. The zero-order chi connectivity index (χ0) is 16.6. The van der Waals surface area contributed by atoms with Crippen LogP contribution in [0.25, 0.3) is 16.8 Å². The molecule has 3 nitrogen and oxygen atoms in total. The highest BCUT2D eigenvalue weighted by Gasteiger charge is 2.19. The van der Waals surface area contributed by atoms with E-state index in [0.29, 0.717) is 0 Å². The zero-order valence-corrected chi connectivity index (χ0v) is 14.5. The van der Waals surface area contributed by atoms with Gasteiger partial charge in [-0.05, 0) is 37.1 Å². The summed E-state index contributed by atoms with van der Waals surface area (Å²) < 4.78 is 4.25. The highest BCUT2D eigenvalue weighted by molar-refractivity contribution is 5.87. The molecule has 3 heteroatoms. The molecule has 23 heavy (non-hydrogen) atoms. The first kappa shape index (κ1) is 15.3. The van der Waals surface area contributed by atoms with Crippen molar-refractivity contribution in [1.82, 2.24) is 4.57 Å². The molecule has 3 aromatic rings. The van der Waals surface area contributed by atoms with Crippen LogP contribution in [-0.4, -0.2) is 18.7 Å². The van der Waals surface area contributed by atoms with Crippen LogP contribution < -0.4 is 9.47 Å². The molecule has 1 aromatic heterocycles. The first-order valence-corrected chi connectivity index (χ1v) is 7.89. The van der Waals surface area contributed by atoms with Gasteiger partial charge in [0, 0.05) is 30.9 Å². The number of aromatic nitrogens is 2. The Balaban J connectivity index is 2.34. The van der Waals surface area contributed by atoms with Gasteiger partial charge in [0.1, 0.15) is 18.1 Å². The van der Waals surface area contributed by atoms with Crippen LogP contribution in [0.2, 0.25) is 0 Å². The Hall–Kier alpha value is -2.55. The number of hydrogen-bond donors (Lipinski definition) is 0. The molecule has 0 saturated carbocycles. The van der Waals surface area contributed by atoms with Crippen molar-refractivity contribution in [3.63, 3.8) is 0 Å². The minimum atomic E-state index is 1.21. The second-order valence-electron chi connectivity index (χ2n) is 6.32. The lowest BCUT2D eigenvalue weighted by molar-refractivity contribution is -0.670. The Bertz CT molecular complexity index is 844. The van der Waals surface area contributed by atoms with Gasteiger partial charge in [0.05, 0.1) is 7.05 Å². The van der Waals surface area contributed by atoms with E-state index in [2.05, 4.69) is 97.1 Å². The number of anilines is 1. The molecule has 0 radical (unpaired) electrons. The van der Waals surface area contributed by atoms with Crippen molar-refractivity contribution >= 4 is 5.69 Å². The average Bonchev–Trinajstić information content (AvgIpc) is 2.93. The van der Waals surface area contributed by atoms with E-state index in [-0.39, 0.29) is 0 Å². The summed E-state index contributed by atoms with van der Waals surface area (Å²) in [6, 6.07) is 13.0. The minimum absolute atomic E-state index is 1.21. The van der Waals surface area contributed by atoms with Crippen LogP contribution in [0.4, 0.5) is 5.69 Å². The lowest BCUT2D eigenvalue weighted by Crippen LogP contribution is -2.23. The van der Waals surface area contributed by atoms with Crippen molar-refractivity contribution in [3.05, 3.63) is 66.2 Å². The molecule has 0 aliphatic heterocycles. The van der Waals surface area contributed by atoms with Crippen molar-refractivity contribution in [1.29, 1.82) is 0 Å². The van der Waals surface area contributed by atoms with Gasteiger partial charge in [0.15, 0.2) is 0 Å². The topological polar surface area (TPSA) is 12.1 Å². The summed E-state index contributed by atoms with van der Waals surface area (Å²) in [5, 5.41) is 0. The van der Waals surface area contributed by atoms with E-state index in [0.717, 1.165) is 0 Å². The standard InChI is InChI=1S/C20H24N3/c1-15-8-6-10-17(21(3)4)19(15)20-16(2)9-7-11-18(20)23-13-12-22(5)14-23/h6-14H,1-5H3/q+1. The average molecular weight is 306 g/mol. The highest BCUT2D eigenvalue weighted by Crippen LogP contribution is 2.38. The van der Waals surface area contributed by atoms with Crippen LogP contribution in [0.1, 0.15) is 11.1 Å². The van der Waals surface area contributed by atoms with Gasteiger partial charge in [0.2, 0.25) is 6.33 Å². The summed E-state index contributed by atoms with van der Waals surface area (Å²) in [6.07, 6.45) is 6.27. The van der Waals surface area contributed by atoms with Gasteiger partial charge in [-0.15, -0.1) is 0 Å². The number of rotatable bonds is 3. The Kier molecular flexibility index (Phi) is 3.95. The van der Waals surface area contributed by atoms with E-state index >= 15 is 0 Å². The summed E-state index contributed by atoms with van der Waals surface area (Å²) in [6.45, 7) is 4.38. The van der Waals surface area contributed by atoms with Gasteiger partial charge in [-0.3, -0.25) is 0 Å². The van der Waals surface area contributed by atoms with Crippen molar-refractivity contribution < 1.29 is 4.57 Å². The van der Waals surface area contributed by atoms with Gasteiger partial charge in [-0.1, -0.05) is 24.3 Å². The molecule has 0 bridgehead atoms. The molecule has 0 saturated heterocycles. The van der Waals surface area contributed by atoms with Crippen molar-refractivity contribution in [2.45, 2.75) is 13.8 Å². The van der Waals surface area contributed by atoms with E-state index in [4.69, 9.17) is 0 Å². The van der Waals surface area contributed by atoms with Crippen LogP contribution in [-0.2, 0) is 7.05 Å². The predicted molar refractivity (Wildman–Crippen MR) is 96.2 cm³/mol. The summed E-state index contributed by atoms with van der Waals surface area (Å²) in [5.41, 5.74) is 7.65. The first-order valence-electron chi connectivity index (χ1n) is 7.89. The Morgan fingerprint density at radius 3 is 2.17 bits per heavy atom. The summed E-state index contributed by atoms with van der Waals surface area (Å²) >= 11 is 0. The lowest BCUT2D eigenvalue weighted by Gasteiger charge is -2.21. The van der Waals surface area contributed by atoms with Crippen LogP contribution in [0, 0.1) is 13.8 Å².